The maximum absolute atomic E-state index is 12.5. The summed E-state index contributed by atoms with van der Waals surface area (Å²) >= 11 is 0. The zero-order valence-electron chi connectivity index (χ0n) is 21.5. The molecule has 4 rings (SSSR count). The molecule has 6 heteroatoms. The van der Waals surface area contributed by atoms with Gasteiger partial charge >= 0.3 is 5.97 Å². The van der Waals surface area contributed by atoms with Crippen LogP contribution in [-0.4, -0.2) is 44.5 Å². The summed E-state index contributed by atoms with van der Waals surface area (Å²) in [6.07, 6.45) is -1.27. The summed E-state index contributed by atoms with van der Waals surface area (Å²) in [6, 6.07) is 29.8. The van der Waals surface area contributed by atoms with Crippen LogP contribution in [0.5, 0.6) is 0 Å². The molecule has 3 unspecified atom stereocenters. The highest BCUT2D eigenvalue weighted by Crippen LogP contribution is 2.38. The van der Waals surface area contributed by atoms with Crippen LogP contribution in [0.15, 0.2) is 91.0 Å². The lowest BCUT2D eigenvalue weighted by atomic mass is 9.99. The Kier molecular flexibility index (Phi) is 8.10. The van der Waals surface area contributed by atoms with Gasteiger partial charge in [0, 0.05) is 5.92 Å². The van der Waals surface area contributed by atoms with Crippen molar-refractivity contribution in [2.75, 3.05) is 6.61 Å². The third-order valence-electron chi connectivity index (χ3n) is 7.04. The highest BCUT2D eigenvalue weighted by Gasteiger charge is 2.51. The Morgan fingerprint density at radius 1 is 0.944 bits per heavy atom. The van der Waals surface area contributed by atoms with Crippen LogP contribution in [0.4, 0.5) is 0 Å². The Morgan fingerprint density at radius 3 is 1.94 bits per heavy atom. The second-order valence-corrected chi connectivity index (χ2v) is 14.8. The predicted octanol–water partition coefficient (Wildman–Crippen LogP) is 4.53. The van der Waals surface area contributed by atoms with Crippen molar-refractivity contribution >= 4 is 24.7 Å². The number of carbonyl (C=O) groups is 1. The minimum Gasteiger partial charge on any atom is -0.459 e. The SMILES string of the molecule is CC(OC(=O)c1ccccc1)C1C[C@@H](CO[Si](c2ccccc2)(c2ccccc2)C(C)(C)C)OC1O. The van der Waals surface area contributed by atoms with Crippen LogP contribution in [0.3, 0.4) is 0 Å². The zero-order chi connectivity index (χ0) is 25.8. The van der Waals surface area contributed by atoms with E-state index in [9.17, 15) is 9.90 Å². The number of ether oxygens (including phenoxy) is 2. The molecule has 1 aliphatic rings. The van der Waals surface area contributed by atoms with Crippen LogP contribution in [-0.2, 0) is 13.9 Å². The van der Waals surface area contributed by atoms with Gasteiger partial charge < -0.3 is 19.0 Å². The molecule has 5 nitrogen and oxygen atoms in total. The molecule has 1 saturated heterocycles. The molecule has 1 N–H and O–H groups in total. The third-order valence-corrected chi connectivity index (χ3v) is 12.0. The molecule has 36 heavy (non-hydrogen) atoms. The van der Waals surface area contributed by atoms with Crippen LogP contribution < -0.4 is 10.4 Å². The van der Waals surface area contributed by atoms with Gasteiger partial charge in [0.15, 0.2) is 6.29 Å². The molecule has 0 saturated carbocycles. The molecule has 0 bridgehead atoms. The van der Waals surface area contributed by atoms with Gasteiger partial charge in [0.25, 0.3) is 8.32 Å². The molecule has 0 amide bonds. The average molecular weight is 505 g/mol. The quantitative estimate of drug-likeness (QED) is 0.361. The molecular formula is C30H36O5Si. The first kappa shape index (κ1) is 26.3. The number of hydrogen-bond donors (Lipinski definition) is 1. The van der Waals surface area contributed by atoms with Gasteiger partial charge in [-0.15, -0.1) is 0 Å². The van der Waals surface area contributed by atoms with Crippen molar-refractivity contribution in [2.24, 2.45) is 5.92 Å². The summed E-state index contributed by atoms with van der Waals surface area (Å²) in [5, 5.41) is 12.9. The Labute approximate surface area is 215 Å². The first-order valence-electron chi connectivity index (χ1n) is 12.6. The molecule has 1 fully saturated rings. The van der Waals surface area contributed by atoms with Crippen LogP contribution in [0.25, 0.3) is 0 Å². The van der Waals surface area contributed by atoms with Crippen LogP contribution in [0, 0.1) is 5.92 Å². The summed E-state index contributed by atoms with van der Waals surface area (Å²) in [4.78, 5) is 12.5. The van der Waals surface area contributed by atoms with E-state index in [2.05, 4.69) is 69.3 Å². The second-order valence-electron chi connectivity index (χ2n) is 10.5. The number of benzene rings is 3. The van der Waals surface area contributed by atoms with Gasteiger partial charge in [-0.1, -0.05) is 99.6 Å². The highest BCUT2D eigenvalue weighted by molar-refractivity contribution is 6.99. The van der Waals surface area contributed by atoms with Crippen LogP contribution >= 0.6 is 0 Å². The van der Waals surface area contributed by atoms with Gasteiger partial charge in [-0.05, 0) is 40.9 Å². The molecule has 190 valence electrons. The van der Waals surface area contributed by atoms with E-state index in [1.54, 1.807) is 24.3 Å². The molecule has 0 spiro atoms. The Morgan fingerprint density at radius 2 is 1.44 bits per heavy atom. The number of esters is 1. The van der Waals surface area contributed by atoms with E-state index in [0.717, 1.165) is 0 Å². The van der Waals surface area contributed by atoms with Crippen molar-refractivity contribution in [3.63, 3.8) is 0 Å². The van der Waals surface area contributed by atoms with Crippen molar-refractivity contribution < 1.29 is 23.8 Å². The lowest BCUT2D eigenvalue weighted by Gasteiger charge is -2.43. The minimum atomic E-state index is -2.71. The molecule has 3 aromatic rings. The number of aliphatic hydroxyl groups is 1. The molecule has 0 aliphatic carbocycles. The lowest BCUT2D eigenvalue weighted by Crippen LogP contribution is -2.67. The van der Waals surface area contributed by atoms with Crippen molar-refractivity contribution in [3.8, 4) is 0 Å². The standard InChI is InChI=1S/C30H36O5Si/c1-22(34-28(31)23-14-8-5-9-15-23)27-20-24(35-29(27)32)21-33-36(30(2,3)4,25-16-10-6-11-17-25)26-18-12-7-13-19-26/h5-19,22,24,27,29,32H,20-21H2,1-4H3/t22?,24-,27?,29?/m0/s1. The monoisotopic (exact) mass is 504 g/mol. The molecule has 1 aliphatic heterocycles. The Bertz CT molecular complexity index is 1070. The summed E-state index contributed by atoms with van der Waals surface area (Å²) in [6.45, 7) is 8.86. The molecule has 1 heterocycles. The first-order valence-corrected chi connectivity index (χ1v) is 14.5. The van der Waals surface area contributed by atoms with E-state index in [4.69, 9.17) is 13.9 Å². The van der Waals surface area contributed by atoms with Gasteiger partial charge in [-0.2, -0.15) is 0 Å². The summed E-state index contributed by atoms with van der Waals surface area (Å²) in [5.41, 5.74) is 0.490. The van der Waals surface area contributed by atoms with Gasteiger partial charge in [0.05, 0.1) is 18.3 Å². The number of aliphatic hydroxyl groups excluding tert-OH is 1. The van der Waals surface area contributed by atoms with E-state index in [1.807, 2.05) is 25.1 Å². The second kappa shape index (κ2) is 11.1. The van der Waals surface area contributed by atoms with Gasteiger partial charge in [-0.3, -0.25) is 0 Å². The number of carbonyl (C=O) groups excluding carboxylic acids is 1. The average Bonchev–Trinajstić information content (AvgIpc) is 3.26. The van der Waals surface area contributed by atoms with E-state index >= 15 is 0 Å². The van der Waals surface area contributed by atoms with Crippen molar-refractivity contribution in [2.45, 2.75) is 57.7 Å². The fourth-order valence-corrected chi connectivity index (χ4v) is 9.77. The Balaban J connectivity index is 1.51. The van der Waals surface area contributed by atoms with E-state index in [1.165, 1.54) is 10.4 Å². The zero-order valence-corrected chi connectivity index (χ0v) is 22.5. The van der Waals surface area contributed by atoms with E-state index < -0.39 is 26.7 Å². The van der Waals surface area contributed by atoms with Crippen LogP contribution in [0.2, 0.25) is 5.04 Å². The third kappa shape index (κ3) is 5.47. The maximum Gasteiger partial charge on any atom is 0.338 e. The molecule has 3 aromatic carbocycles. The normalized spacial score (nSPS) is 21.2. The fraction of sp³-hybridized carbons (Fsp3) is 0.367. The van der Waals surface area contributed by atoms with Crippen LogP contribution in [0.1, 0.15) is 44.5 Å². The minimum absolute atomic E-state index is 0.148. The van der Waals surface area contributed by atoms with Crippen molar-refractivity contribution in [3.05, 3.63) is 96.6 Å². The Hall–Kier alpha value is -2.77. The topological polar surface area (TPSA) is 65.0 Å². The summed E-state index contributed by atoms with van der Waals surface area (Å²) in [7, 11) is -2.71. The molecule has 4 atom stereocenters. The number of hydrogen-bond acceptors (Lipinski definition) is 5. The smallest absolute Gasteiger partial charge is 0.338 e. The highest BCUT2D eigenvalue weighted by atomic mass is 28.4. The maximum atomic E-state index is 12.5. The lowest BCUT2D eigenvalue weighted by molar-refractivity contribution is -0.129. The fourth-order valence-electron chi connectivity index (χ4n) is 5.18. The predicted molar refractivity (Wildman–Crippen MR) is 144 cm³/mol. The van der Waals surface area contributed by atoms with Gasteiger partial charge in [0.1, 0.15) is 6.10 Å². The summed E-state index contributed by atoms with van der Waals surface area (Å²) < 4.78 is 18.6. The van der Waals surface area contributed by atoms with Crippen molar-refractivity contribution in [1.82, 2.24) is 0 Å². The van der Waals surface area contributed by atoms with Crippen molar-refractivity contribution in [1.29, 1.82) is 0 Å². The van der Waals surface area contributed by atoms with Gasteiger partial charge in [0.2, 0.25) is 0 Å². The van der Waals surface area contributed by atoms with Gasteiger partial charge in [-0.25, -0.2) is 4.79 Å². The largest absolute Gasteiger partial charge is 0.459 e. The van der Waals surface area contributed by atoms with E-state index in [0.29, 0.717) is 18.6 Å². The molecule has 0 radical (unpaired) electrons. The summed E-state index contributed by atoms with van der Waals surface area (Å²) in [5.74, 6) is -0.729. The van der Waals surface area contributed by atoms with E-state index in [-0.39, 0.29) is 17.1 Å². The molecular weight excluding hydrogens is 468 g/mol. The molecule has 0 aromatic heterocycles. The first-order chi connectivity index (χ1) is 17.2. The number of rotatable bonds is 8.